The Hall–Kier alpha value is 0.410. The van der Waals surface area contributed by atoms with E-state index in [1.54, 1.807) is 42.3 Å². The third-order valence-electron chi connectivity index (χ3n) is 0. The van der Waals surface area contributed by atoms with Crippen molar-refractivity contribution in [3.8, 4) is 0 Å². The average Bonchev–Trinajstić information content (AvgIpc) is 1.92. The van der Waals surface area contributed by atoms with Crippen molar-refractivity contribution < 1.29 is 20.6 Å². The molecular weight excluding hydrogens is 371 g/mol. The molecule has 0 heterocycles. The van der Waals surface area contributed by atoms with E-state index < -0.39 is 0 Å². The maximum atomic E-state index is 3.50. The van der Waals surface area contributed by atoms with Crippen molar-refractivity contribution in [3.05, 3.63) is 43.1 Å². The Balaban J connectivity index is -0.00000000821. The van der Waals surface area contributed by atoms with Crippen molar-refractivity contribution in [3.63, 3.8) is 0 Å². The zero-order valence-electron chi connectivity index (χ0n) is 12.5. The van der Waals surface area contributed by atoms with Gasteiger partial charge in [0.25, 0.3) is 0 Å². The summed E-state index contributed by atoms with van der Waals surface area (Å²) in [5.41, 5.74) is 0. The fourth-order valence-corrected chi connectivity index (χ4v) is 0. The summed E-state index contributed by atoms with van der Waals surface area (Å²) < 4.78 is 2.11. The van der Waals surface area contributed by atoms with E-state index in [9.17, 15) is 0 Å². The Morgan fingerprint density at radius 1 is 0.688 bits per heavy atom. The van der Waals surface area contributed by atoms with E-state index in [0.29, 0.717) is 0 Å². The van der Waals surface area contributed by atoms with Crippen LogP contribution in [0.15, 0.2) is 0 Å². The van der Waals surface area contributed by atoms with Crippen molar-refractivity contribution in [2.45, 2.75) is 6.92 Å². The van der Waals surface area contributed by atoms with Crippen LogP contribution >= 0.6 is 0 Å². The zero-order chi connectivity index (χ0) is 10.8. The van der Waals surface area contributed by atoms with Gasteiger partial charge in [-0.3, -0.25) is 0 Å². The van der Waals surface area contributed by atoms with E-state index in [-0.39, 0.29) is 27.2 Å². The van der Waals surface area contributed by atoms with Gasteiger partial charge in [0.2, 0.25) is 0 Å². The maximum Gasteiger partial charge on any atom is -0.162 e. The van der Waals surface area contributed by atoms with Gasteiger partial charge in [0.1, 0.15) is 0 Å². The molecule has 6 heteroatoms. The van der Waals surface area contributed by atoms with Gasteiger partial charge in [-0.15, -0.1) is 0 Å². The molecule has 0 saturated carbocycles. The summed E-state index contributed by atoms with van der Waals surface area (Å²) in [6.07, 6.45) is 0. The van der Waals surface area contributed by atoms with Crippen LogP contribution in [-0.2, 0) is 20.6 Å². The summed E-state index contributed by atoms with van der Waals surface area (Å²) in [7, 11) is 10.5. The second kappa shape index (κ2) is 165. The summed E-state index contributed by atoms with van der Waals surface area (Å²) in [5, 5.41) is 10.5. The first-order valence-electron chi connectivity index (χ1n) is 3.52. The van der Waals surface area contributed by atoms with E-state index in [1.165, 1.54) is 20.6 Å². The second-order valence-corrected chi connectivity index (χ2v) is 3.46. The first kappa shape index (κ1) is 55.1. The molecule has 0 aromatic heterocycles. The van der Waals surface area contributed by atoms with Crippen molar-refractivity contribution in [2.75, 3.05) is 42.3 Å². The molecule has 0 rings (SSSR count). The Bertz CT molecular complexity index is 43.4. The first-order valence-corrected chi connectivity index (χ1v) is 5.37. The van der Waals surface area contributed by atoms with E-state index in [1.807, 2.05) is 6.92 Å². The predicted molar refractivity (Wildman–Crippen MR) is 80.8 cm³/mol. The third kappa shape index (κ3) is 15400. The van der Waals surface area contributed by atoms with Gasteiger partial charge in [-0.05, 0) is 0 Å². The molecule has 0 aliphatic heterocycles. The van der Waals surface area contributed by atoms with E-state index in [0.717, 1.165) is 0 Å². The minimum absolute atomic E-state index is 0. The normalized spacial score (nSPS) is 4.12. The molecule has 0 radical (unpaired) electrons. The third-order valence-corrected chi connectivity index (χ3v) is 0. The average molecular weight is 403 g/mol. The standard InChI is InChI=1S/3C2H6N.C2H4.2CH3.2H2N.Ta/c3*1-3-2;1-2;;;;;/h3*1-2H3;1H,2H3;2*1H3;2*1H2;/q3*-1;;4*-1;. The fourth-order valence-electron chi connectivity index (χ4n) is 0. The van der Waals surface area contributed by atoms with Gasteiger partial charge < -0.3 is 43.1 Å². The summed E-state index contributed by atoms with van der Waals surface area (Å²) >= 11 is 1.40. The molecule has 0 atom stereocenters. The monoisotopic (exact) mass is 403 g/mol. The molecule has 0 fully saturated rings. The Labute approximate surface area is 117 Å². The summed E-state index contributed by atoms with van der Waals surface area (Å²) in [4.78, 5) is 0. The molecule has 16 heavy (non-hydrogen) atoms. The first-order chi connectivity index (χ1) is 5.66. The summed E-state index contributed by atoms with van der Waals surface area (Å²) in [5.74, 6) is 0. The number of nitrogens with two attached hydrogens (primary N) is 2. The van der Waals surface area contributed by atoms with Crippen LogP contribution in [0, 0.1) is 14.9 Å². The molecule has 4 N–H and O–H groups in total. The van der Waals surface area contributed by atoms with Crippen LogP contribution in [0.25, 0.3) is 28.3 Å². The molecular formula is C10H32N5Ta-7. The van der Waals surface area contributed by atoms with Crippen LogP contribution in [0.4, 0.5) is 0 Å². The quantitative estimate of drug-likeness (QED) is 0.529. The zero-order valence-corrected chi connectivity index (χ0v) is 15.7. The molecule has 0 spiro atoms. The smallest absolute Gasteiger partial charge is 0.162 e. The Kier molecular flexibility index (Phi) is 567. The molecule has 0 bridgehead atoms. The minimum Gasteiger partial charge on any atom is -0.693 e. The van der Waals surface area contributed by atoms with Gasteiger partial charge in [-0.25, -0.2) is 0 Å². The second-order valence-electron chi connectivity index (χ2n) is 1.60. The molecule has 0 unspecified atom stereocenters. The van der Waals surface area contributed by atoms with E-state index in [2.05, 4.69) is 20.2 Å². The summed E-state index contributed by atoms with van der Waals surface area (Å²) in [6.45, 7) is 2.05. The molecule has 109 valence electrons. The SMILES string of the molecule is C[CH]=[Ta].C[N-]C.C[N-]C.C[N-]C.[CH3-].[CH3-].[NH2-].[NH2-]. The van der Waals surface area contributed by atoms with Crippen molar-refractivity contribution in [1.29, 1.82) is 0 Å². The largest absolute Gasteiger partial charge is 0.693 e. The topological polar surface area (TPSA) is 109 Å². The Morgan fingerprint density at radius 3 is 0.688 bits per heavy atom. The van der Waals surface area contributed by atoms with Gasteiger partial charge in [0.05, 0.1) is 0 Å². The van der Waals surface area contributed by atoms with Crippen molar-refractivity contribution in [1.82, 2.24) is 0 Å². The summed E-state index contributed by atoms with van der Waals surface area (Å²) in [6, 6.07) is 0. The van der Waals surface area contributed by atoms with Crippen LogP contribution < -0.4 is 0 Å². The van der Waals surface area contributed by atoms with Crippen LogP contribution in [0.3, 0.4) is 0 Å². The van der Waals surface area contributed by atoms with E-state index in [4.69, 9.17) is 0 Å². The van der Waals surface area contributed by atoms with Gasteiger partial charge in [0.15, 0.2) is 0 Å². The molecule has 0 amide bonds. The van der Waals surface area contributed by atoms with Gasteiger partial charge >= 0.3 is 31.8 Å². The van der Waals surface area contributed by atoms with Crippen molar-refractivity contribution in [2.24, 2.45) is 0 Å². The van der Waals surface area contributed by atoms with Gasteiger partial charge in [-0.1, -0.05) is 0 Å². The van der Waals surface area contributed by atoms with Crippen LogP contribution in [0.2, 0.25) is 0 Å². The molecule has 5 nitrogen and oxygen atoms in total. The fraction of sp³-hybridized carbons (Fsp3) is 0.700. The van der Waals surface area contributed by atoms with Crippen molar-refractivity contribution >= 4 is 4.23 Å². The van der Waals surface area contributed by atoms with Gasteiger partial charge in [-0.2, -0.15) is 42.3 Å². The predicted octanol–water partition coefficient (Wildman–Crippen LogP) is 4.55. The van der Waals surface area contributed by atoms with E-state index >= 15 is 0 Å². The molecule has 0 aliphatic rings. The van der Waals surface area contributed by atoms with Crippen LogP contribution in [0.5, 0.6) is 0 Å². The molecule has 0 aromatic carbocycles. The maximum absolute atomic E-state index is 3.50. The number of nitrogens with zero attached hydrogens (tertiary/aromatic N) is 3. The molecule has 0 aromatic rings. The number of hydrogen-bond donors (Lipinski definition) is 0. The van der Waals surface area contributed by atoms with Crippen LogP contribution in [-0.4, -0.2) is 46.5 Å². The minimum atomic E-state index is 0. The number of hydrogen-bond acceptors (Lipinski definition) is 0. The van der Waals surface area contributed by atoms with Crippen LogP contribution in [0.1, 0.15) is 6.92 Å². The number of rotatable bonds is 0. The van der Waals surface area contributed by atoms with Gasteiger partial charge in [0, 0.05) is 0 Å². The molecule has 0 saturated heterocycles. The Morgan fingerprint density at radius 2 is 0.688 bits per heavy atom. The molecule has 0 aliphatic carbocycles.